The van der Waals surface area contributed by atoms with E-state index in [0.29, 0.717) is 42.5 Å². The lowest BCUT2D eigenvalue weighted by Crippen LogP contribution is -2.22. The number of carbonyl (C=O) groups excluding carboxylic acids is 1. The Hall–Kier alpha value is -3.92. The Bertz CT molecular complexity index is 1860. The highest BCUT2D eigenvalue weighted by molar-refractivity contribution is 6.35. The third-order valence-electron chi connectivity index (χ3n) is 8.51. The number of aromatic nitrogens is 3. The Kier molecular flexibility index (Phi) is 9.92. The fourth-order valence-electron chi connectivity index (χ4n) is 6.39. The number of hydrogen-bond acceptors (Lipinski definition) is 6. The lowest BCUT2D eigenvalue weighted by atomic mass is 9.97. The summed E-state index contributed by atoms with van der Waals surface area (Å²) in [7, 11) is 1.92. The van der Waals surface area contributed by atoms with Crippen LogP contribution in [0.4, 0.5) is 4.39 Å². The minimum atomic E-state index is -0.423. The van der Waals surface area contributed by atoms with E-state index in [2.05, 4.69) is 11.9 Å². The normalized spacial score (nSPS) is 15.1. The number of fused-ring (bicyclic) bond motifs is 2. The first-order chi connectivity index (χ1) is 22.4. The first kappa shape index (κ1) is 32.0. The SMILES string of the molecule is CCOC(=O)c1[nH]c2c(-c3c(CO[C@@H]4CCCCO4)nn(C)c3CC)c(Cl)ccc2c1CCCOc1cccc2cc(F)ccc12. The van der Waals surface area contributed by atoms with Crippen molar-refractivity contribution in [3.05, 3.63) is 82.0 Å². The van der Waals surface area contributed by atoms with Crippen LogP contribution in [0.5, 0.6) is 5.75 Å². The number of aromatic amines is 1. The number of esters is 1. The maximum Gasteiger partial charge on any atom is 0.355 e. The number of H-pyrrole nitrogens is 1. The molecule has 6 rings (SSSR count). The minimum absolute atomic E-state index is 0.249. The summed E-state index contributed by atoms with van der Waals surface area (Å²) < 4.78 is 39.2. The molecule has 0 saturated carbocycles. The summed E-state index contributed by atoms with van der Waals surface area (Å²) in [5, 5.41) is 7.89. The van der Waals surface area contributed by atoms with Gasteiger partial charge in [-0.25, -0.2) is 9.18 Å². The summed E-state index contributed by atoms with van der Waals surface area (Å²) in [6.45, 7) is 5.49. The van der Waals surface area contributed by atoms with E-state index in [4.69, 9.17) is 35.6 Å². The van der Waals surface area contributed by atoms with E-state index in [0.717, 1.165) is 75.4 Å². The van der Waals surface area contributed by atoms with Crippen molar-refractivity contribution in [3.63, 3.8) is 0 Å². The van der Waals surface area contributed by atoms with Gasteiger partial charge in [0.1, 0.15) is 17.3 Å². The predicted octanol–water partition coefficient (Wildman–Crippen LogP) is 8.31. The molecular formula is C36H39ClFN3O5. The summed E-state index contributed by atoms with van der Waals surface area (Å²) in [5.74, 6) is -0.0222. The van der Waals surface area contributed by atoms with Gasteiger partial charge in [-0.2, -0.15) is 5.10 Å². The lowest BCUT2D eigenvalue weighted by molar-refractivity contribution is -0.169. The fraction of sp³-hybridized carbons (Fsp3) is 0.389. The van der Waals surface area contributed by atoms with E-state index >= 15 is 0 Å². The number of benzene rings is 3. The molecule has 1 fully saturated rings. The van der Waals surface area contributed by atoms with E-state index < -0.39 is 5.97 Å². The average Bonchev–Trinajstić information content (AvgIpc) is 3.58. The molecule has 0 amide bonds. The predicted molar refractivity (Wildman–Crippen MR) is 177 cm³/mol. The van der Waals surface area contributed by atoms with E-state index in [-0.39, 0.29) is 25.3 Å². The molecule has 8 nitrogen and oxygen atoms in total. The van der Waals surface area contributed by atoms with Gasteiger partial charge in [0.25, 0.3) is 0 Å². The fourth-order valence-corrected chi connectivity index (χ4v) is 6.64. The van der Waals surface area contributed by atoms with Crippen LogP contribution >= 0.6 is 11.6 Å². The highest BCUT2D eigenvalue weighted by Crippen LogP contribution is 2.41. The van der Waals surface area contributed by atoms with Crippen molar-refractivity contribution in [2.45, 2.75) is 65.3 Å². The van der Waals surface area contributed by atoms with E-state index in [9.17, 15) is 9.18 Å². The van der Waals surface area contributed by atoms with Gasteiger partial charge in [0.2, 0.25) is 0 Å². The van der Waals surface area contributed by atoms with Crippen LogP contribution in [0.15, 0.2) is 48.5 Å². The Morgan fingerprint density at radius 2 is 1.98 bits per heavy atom. The van der Waals surface area contributed by atoms with Crippen molar-refractivity contribution < 1.29 is 28.1 Å². The molecule has 0 aliphatic carbocycles. The molecule has 1 saturated heterocycles. The van der Waals surface area contributed by atoms with Crippen LogP contribution in [0.2, 0.25) is 5.02 Å². The van der Waals surface area contributed by atoms with E-state index in [1.807, 2.05) is 42.1 Å². The molecule has 3 heterocycles. The van der Waals surface area contributed by atoms with E-state index in [1.165, 1.54) is 12.1 Å². The summed E-state index contributed by atoms with van der Waals surface area (Å²) in [6.07, 6.45) is 4.61. The molecule has 0 spiro atoms. The topological polar surface area (TPSA) is 87.6 Å². The van der Waals surface area contributed by atoms with Gasteiger partial charge in [0, 0.05) is 41.2 Å². The monoisotopic (exact) mass is 647 g/mol. The first-order valence-electron chi connectivity index (χ1n) is 16.0. The summed E-state index contributed by atoms with van der Waals surface area (Å²) in [6, 6.07) is 14.1. The molecular weight excluding hydrogens is 609 g/mol. The van der Waals surface area contributed by atoms with Gasteiger partial charge < -0.3 is 23.9 Å². The van der Waals surface area contributed by atoms with Crippen molar-refractivity contribution in [1.82, 2.24) is 14.8 Å². The molecule has 10 heteroatoms. The summed E-state index contributed by atoms with van der Waals surface area (Å²) in [5.41, 5.74) is 5.44. The zero-order valence-corrected chi connectivity index (χ0v) is 27.2. The molecule has 2 aromatic heterocycles. The molecule has 5 aromatic rings. The van der Waals surface area contributed by atoms with Gasteiger partial charge in [0.15, 0.2) is 6.29 Å². The van der Waals surface area contributed by atoms with Crippen molar-refractivity contribution in [2.75, 3.05) is 19.8 Å². The van der Waals surface area contributed by atoms with Crippen LogP contribution < -0.4 is 4.74 Å². The van der Waals surface area contributed by atoms with Crippen LogP contribution in [0.1, 0.15) is 67.0 Å². The molecule has 3 aromatic carbocycles. The van der Waals surface area contributed by atoms with Crippen LogP contribution in [-0.4, -0.2) is 46.8 Å². The smallest absolute Gasteiger partial charge is 0.355 e. The van der Waals surface area contributed by atoms with Crippen molar-refractivity contribution in [2.24, 2.45) is 7.05 Å². The van der Waals surface area contributed by atoms with Gasteiger partial charge in [-0.3, -0.25) is 4.68 Å². The third-order valence-corrected chi connectivity index (χ3v) is 8.82. The third kappa shape index (κ3) is 6.49. The van der Waals surface area contributed by atoms with Crippen molar-refractivity contribution in [3.8, 4) is 16.9 Å². The number of ether oxygens (including phenoxy) is 4. The molecule has 242 valence electrons. The zero-order valence-electron chi connectivity index (χ0n) is 26.5. The number of halogens is 2. The molecule has 0 unspecified atom stereocenters. The average molecular weight is 648 g/mol. The number of rotatable bonds is 12. The number of nitrogens with one attached hydrogen (secondary N) is 1. The standard InChI is InChI=1S/C36H39ClFN3O5/c1-4-29-33(28(40-41(29)3)21-46-31-13-6-7-18-45-31)32-27(37)17-16-26-25(35(39-34(26)32)36(42)43-5-2)11-9-19-44-30-12-8-10-22-20-23(38)14-15-24(22)30/h8,10,12,14-17,20,31,39H,4-7,9,11,13,18-19,21H2,1-3H3/t31-/m1/s1. The highest BCUT2D eigenvalue weighted by Gasteiger charge is 2.27. The molecule has 0 bridgehead atoms. The minimum Gasteiger partial charge on any atom is -0.493 e. The van der Waals surface area contributed by atoms with Gasteiger partial charge >= 0.3 is 5.97 Å². The number of nitrogens with zero attached hydrogens (tertiary/aromatic N) is 2. The van der Waals surface area contributed by atoms with Crippen LogP contribution in [-0.2, 0) is 40.7 Å². The van der Waals surface area contributed by atoms with Crippen molar-refractivity contribution in [1.29, 1.82) is 0 Å². The van der Waals surface area contributed by atoms with Gasteiger partial charge in [0.05, 0.1) is 36.1 Å². The quantitative estimate of drug-likeness (QED) is 0.108. The second-order valence-electron chi connectivity index (χ2n) is 11.5. The highest BCUT2D eigenvalue weighted by atomic mass is 35.5. The maximum atomic E-state index is 13.8. The van der Waals surface area contributed by atoms with Gasteiger partial charge in [-0.15, -0.1) is 0 Å². The molecule has 1 aliphatic heterocycles. The second-order valence-corrected chi connectivity index (χ2v) is 11.9. The van der Waals surface area contributed by atoms with Crippen molar-refractivity contribution >= 4 is 39.2 Å². The molecule has 46 heavy (non-hydrogen) atoms. The Labute approximate surface area is 272 Å². The first-order valence-corrected chi connectivity index (χ1v) is 16.4. The van der Waals surface area contributed by atoms with Crippen LogP contribution in [0, 0.1) is 5.82 Å². The van der Waals surface area contributed by atoms with Gasteiger partial charge in [-0.1, -0.05) is 36.7 Å². The Morgan fingerprint density at radius 1 is 1.13 bits per heavy atom. The molecule has 1 atom stereocenters. The second kappa shape index (κ2) is 14.2. The maximum absolute atomic E-state index is 13.8. The summed E-state index contributed by atoms with van der Waals surface area (Å²) in [4.78, 5) is 16.7. The Morgan fingerprint density at radius 3 is 2.76 bits per heavy atom. The number of aryl methyl sites for hydroxylation is 2. The zero-order chi connectivity index (χ0) is 32.2. The number of hydrogen-bond donors (Lipinski definition) is 1. The Balaban J connectivity index is 1.33. The molecule has 1 aliphatic rings. The lowest BCUT2D eigenvalue weighted by Gasteiger charge is -2.22. The summed E-state index contributed by atoms with van der Waals surface area (Å²) >= 11 is 6.97. The van der Waals surface area contributed by atoms with Gasteiger partial charge in [-0.05, 0) is 86.7 Å². The van der Waals surface area contributed by atoms with E-state index in [1.54, 1.807) is 13.0 Å². The molecule has 0 radical (unpaired) electrons. The number of carbonyl (C=O) groups is 1. The largest absolute Gasteiger partial charge is 0.493 e. The molecule has 1 N–H and O–H groups in total. The van der Waals surface area contributed by atoms with Crippen LogP contribution in [0.3, 0.4) is 0 Å². The van der Waals surface area contributed by atoms with Crippen LogP contribution in [0.25, 0.3) is 32.8 Å².